The number of ketones is 1. The number of ether oxygens (including phenoxy) is 1. The zero-order chi connectivity index (χ0) is 20.0. The molecule has 0 aliphatic rings. The number of aliphatic hydroxyl groups excluding tert-OH is 1. The number of carbonyl (C=O) groups excluding carboxylic acids is 1. The maximum atomic E-state index is 15.2. The van der Waals surface area contributed by atoms with Gasteiger partial charge in [-0.2, -0.15) is 0 Å². The number of imidazole rings is 1. The van der Waals surface area contributed by atoms with Crippen molar-refractivity contribution < 1.29 is 19.0 Å². The summed E-state index contributed by atoms with van der Waals surface area (Å²) in [6.07, 6.45) is 4.92. The number of hydrogen-bond donors (Lipinski definition) is 1. The van der Waals surface area contributed by atoms with Crippen molar-refractivity contribution in [3.05, 3.63) is 63.7 Å². The van der Waals surface area contributed by atoms with E-state index in [0.29, 0.717) is 11.1 Å². The van der Waals surface area contributed by atoms with Crippen molar-refractivity contribution in [2.24, 2.45) is 7.05 Å². The van der Waals surface area contributed by atoms with Crippen molar-refractivity contribution in [2.75, 3.05) is 19.8 Å². The third kappa shape index (κ3) is 5.13. The highest BCUT2D eigenvalue weighted by molar-refractivity contribution is 9.11. The van der Waals surface area contributed by atoms with E-state index < -0.39 is 11.6 Å². The van der Waals surface area contributed by atoms with Gasteiger partial charge in [0.15, 0.2) is 11.6 Å². The number of benzene rings is 1. The van der Waals surface area contributed by atoms with E-state index in [0.717, 1.165) is 0 Å². The van der Waals surface area contributed by atoms with Crippen LogP contribution in [0.5, 0.6) is 0 Å². The first-order valence-electron chi connectivity index (χ1n) is 8.05. The zero-order valence-corrected chi connectivity index (χ0v) is 17.1. The molecular formula is C19H19BrClFN2O3. The smallest absolute Gasteiger partial charge is 0.188 e. The zero-order valence-electron chi connectivity index (χ0n) is 14.7. The van der Waals surface area contributed by atoms with E-state index >= 15 is 4.39 Å². The molecule has 0 spiro atoms. The van der Waals surface area contributed by atoms with Crippen LogP contribution in [0, 0.1) is 5.82 Å². The molecule has 0 bridgehead atoms. The number of aromatic nitrogens is 2. The maximum Gasteiger partial charge on any atom is 0.188 e. The minimum atomic E-state index is -0.578. The molecule has 0 unspecified atom stereocenters. The first-order valence-corrected chi connectivity index (χ1v) is 9.35. The Kier molecular flexibility index (Phi) is 7.91. The lowest BCUT2D eigenvalue weighted by Gasteiger charge is -2.13. The molecule has 0 saturated heterocycles. The largest absolute Gasteiger partial charge is 0.394 e. The molecule has 2 rings (SSSR count). The number of allylic oxidation sites excluding steroid dienone is 4. The molecular weight excluding hydrogens is 439 g/mol. The molecule has 0 atom stereocenters. The van der Waals surface area contributed by atoms with Crippen LogP contribution in [0.25, 0.3) is 11.0 Å². The van der Waals surface area contributed by atoms with Gasteiger partial charge in [-0.15, -0.1) is 0 Å². The summed E-state index contributed by atoms with van der Waals surface area (Å²) in [6, 6.07) is 1.60. The molecule has 0 amide bonds. The molecule has 2 aromatic rings. The molecule has 0 aliphatic heterocycles. The predicted molar refractivity (Wildman–Crippen MR) is 108 cm³/mol. The average molecular weight is 458 g/mol. The summed E-state index contributed by atoms with van der Waals surface area (Å²) in [6.45, 7) is 3.26. The van der Waals surface area contributed by atoms with Crippen molar-refractivity contribution in [1.29, 1.82) is 0 Å². The monoisotopic (exact) mass is 456 g/mol. The number of halogens is 3. The summed E-state index contributed by atoms with van der Waals surface area (Å²) in [7, 11) is 1.72. The number of rotatable bonds is 9. The molecule has 144 valence electrons. The molecule has 1 heterocycles. The van der Waals surface area contributed by atoms with E-state index in [9.17, 15) is 4.79 Å². The van der Waals surface area contributed by atoms with Gasteiger partial charge in [-0.1, -0.05) is 46.3 Å². The lowest BCUT2D eigenvalue weighted by atomic mass is 9.95. The molecule has 0 saturated carbocycles. The summed E-state index contributed by atoms with van der Waals surface area (Å²) in [4.78, 5) is 18.3. The summed E-state index contributed by atoms with van der Waals surface area (Å²) < 4.78 is 22.0. The topological polar surface area (TPSA) is 64.3 Å². The van der Waals surface area contributed by atoms with Crippen LogP contribution in [0.15, 0.2) is 46.7 Å². The lowest BCUT2D eigenvalue weighted by molar-refractivity contribution is 0.0663. The molecule has 27 heavy (non-hydrogen) atoms. The van der Waals surface area contributed by atoms with Gasteiger partial charge in [0.05, 0.1) is 25.1 Å². The second-order valence-electron chi connectivity index (χ2n) is 5.73. The summed E-state index contributed by atoms with van der Waals surface area (Å²) in [5.41, 5.74) is 1.60. The highest BCUT2D eigenvalue weighted by Gasteiger charge is 2.22. The number of nitrogens with zero attached hydrogens (tertiary/aromatic N) is 2. The molecule has 1 aromatic heterocycles. The normalized spacial score (nSPS) is 12.3. The van der Waals surface area contributed by atoms with E-state index in [1.54, 1.807) is 34.8 Å². The van der Waals surface area contributed by atoms with Crippen LogP contribution in [-0.2, 0) is 18.2 Å². The summed E-state index contributed by atoms with van der Waals surface area (Å²) in [5.74, 6) is -0.971. The van der Waals surface area contributed by atoms with Crippen molar-refractivity contribution in [1.82, 2.24) is 9.55 Å². The van der Waals surface area contributed by atoms with Crippen molar-refractivity contribution >= 4 is 44.3 Å². The maximum absolute atomic E-state index is 15.2. The Morgan fingerprint density at radius 3 is 2.93 bits per heavy atom. The van der Waals surface area contributed by atoms with Crippen LogP contribution in [-0.4, -0.2) is 40.3 Å². The lowest BCUT2D eigenvalue weighted by Crippen LogP contribution is -2.15. The van der Waals surface area contributed by atoms with Crippen molar-refractivity contribution in [3.8, 4) is 0 Å². The van der Waals surface area contributed by atoms with Crippen molar-refractivity contribution in [3.63, 3.8) is 0 Å². The Morgan fingerprint density at radius 2 is 2.30 bits per heavy atom. The highest BCUT2D eigenvalue weighted by Crippen LogP contribution is 2.28. The Labute approximate surface area is 169 Å². The molecule has 8 heteroatoms. The van der Waals surface area contributed by atoms with E-state index in [1.807, 2.05) is 0 Å². The van der Waals surface area contributed by atoms with Gasteiger partial charge in [0, 0.05) is 29.6 Å². The number of fused-ring (bicyclic) bond motifs is 1. The van der Waals surface area contributed by atoms with Gasteiger partial charge in [-0.3, -0.25) is 4.79 Å². The fraction of sp³-hybridized carbons (Fsp3) is 0.263. The van der Waals surface area contributed by atoms with Gasteiger partial charge < -0.3 is 14.4 Å². The predicted octanol–water partition coefficient (Wildman–Crippen LogP) is 4.03. The first kappa shape index (κ1) is 21.5. The van der Waals surface area contributed by atoms with E-state index in [4.69, 9.17) is 21.4 Å². The van der Waals surface area contributed by atoms with Crippen LogP contribution in [0.1, 0.15) is 15.9 Å². The minimum absolute atomic E-state index is 0.0250. The van der Waals surface area contributed by atoms with E-state index in [-0.39, 0.29) is 47.9 Å². The van der Waals surface area contributed by atoms with Crippen LogP contribution in [0.4, 0.5) is 4.39 Å². The standard InChI is InChI=1S/C19H19BrClFN2O3/c1-12(21)13(4-3-5-20)8-15-14(17(26)10-27-7-6-25)9-16-19(18(15)22)23-11-24(16)2/h3-5,9,11,25H,1,6-8,10H2,2H3/b5-3+,13-4-. The van der Waals surface area contributed by atoms with Gasteiger partial charge in [0.1, 0.15) is 12.1 Å². The quantitative estimate of drug-likeness (QED) is 0.351. The van der Waals surface area contributed by atoms with Gasteiger partial charge in [0.25, 0.3) is 0 Å². The third-order valence-electron chi connectivity index (χ3n) is 3.92. The number of Topliss-reactive ketones (excluding diaryl/α,β-unsaturated/α-hetero) is 1. The molecule has 5 nitrogen and oxygen atoms in total. The third-order valence-corrected chi connectivity index (χ3v) is 4.46. The van der Waals surface area contributed by atoms with Gasteiger partial charge >= 0.3 is 0 Å². The van der Waals surface area contributed by atoms with Crippen LogP contribution in [0.2, 0.25) is 0 Å². The van der Waals surface area contributed by atoms with Gasteiger partial charge in [-0.05, 0) is 16.6 Å². The van der Waals surface area contributed by atoms with Crippen LogP contribution < -0.4 is 0 Å². The molecule has 0 fully saturated rings. The number of carbonyl (C=O) groups is 1. The number of hydrogen-bond acceptors (Lipinski definition) is 4. The number of aryl methyl sites for hydroxylation is 1. The second kappa shape index (κ2) is 9.94. The summed E-state index contributed by atoms with van der Waals surface area (Å²) >= 11 is 9.21. The Balaban J connectivity index is 2.57. The SMILES string of the molecule is C=C(Cl)/C(=C\C=C\Br)Cc1c(C(=O)COCCO)cc2c(ncn2C)c1F. The Bertz CT molecular complexity index is 921. The van der Waals surface area contributed by atoms with Gasteiger partial charge in [-0.25, -0.2) is 9.37 Å². The second-order valence-corrected chi connectivity index (χ2v) is 6.72. The fourth-order valence-electron chi connectivity index (χ4n) is 2.58. The molecule has 0 aliphatic carbocycles. The highest BCUT2D eigenvalue weighted by atomic mass is 79.9. The molecule has 1 aromatic carbocycles. The van der Waals surface area contributed by atoms with Crippen LogP contribution >= 0.6 is 27.5 Å². The van der Waals surface area contributed by atoms with E-state index in [1.165, 1.54) is 6.33 Å². The average Bonchev–Trinajstić information content (AvgIpc) is 3.01. The van der Waals surface area contributed by atoms with Crippen LogP contribution in [0.3, 0.4) is 0 Å². The Hall–Kier alpha value is -1.80. The first-order chi connectivity index (χ1) is 12.9. The molecule has 1 N–H and O–H groups in total. The van der Waals surface area contributed by atoms with Gasteiger partial charge in [0.2, 0.25) is 0 Å². The van der Waals surface area contributed by atoms with E-state index in [2.05, 4.69) is 27.5 Å². The Morgan fingerprint density at radius 1 is 1.56 bits per heavy atom. The fourth-order valence-corrected chi connectivity index (χ4v) is 2.86. The summed E-state index contributed by atoms with van der Waals surface area (Å²) in [5, 5.41) is 9.06. The number of aliphatic hydroxyl groups is 1. The molecule has 0 radical (unpaired) electrons. The minimum Gasteiger partial charge on any atom is -0.394 e. The van der Waals surface area contributed by atoms with Crippen molar-refractivity contribution in [2.45, 2.75) is 6.42 Å².